The fourth-order valence-corrected chi connectivity index (χ4v) is 1.12. The molecule has 0 aliphatic carbocycles. The van der Waals surface area contributed by atoms with E-state index in [9.17, 15) is 10.0 Å². The van der Waals surface area contributed by atoms with Crippen LogP contribution in [0, 0.1) is 0 Å². The van der Waals surface area contributed by atoms with Crippen LogP contribution in [0.2, 0.25) is 0 Å². The van der Waals surface area contributed by atoms with Crippen LogP contribution >= 0.6 is 0 Å². The Morgan fingerprint density at radius 2 is 1.92 bits per heavy atom. The molecule has 12 heavy (non-hydrogen) atoms. The molecule has 1 heterocycles. The van der Waals surface area contributed by atoms with Crippen molar-refractivity contribution < 1.29 is 14.5 Å². The third kappa shape index (κ3) is 1.11. The molecule has 1 aromatic heterocycles. The van der Waals surface area contributed by atoms with Crippen molar-refractivity contribution in [1.82, 2.24) is 0 Å². The molecule has 0 saturated heterocycles. The first-order chi connectivity index (χ1) is 5.77. The van der Waals surface area contributed by atoms with Gasteiger partial charge in [0.05, 0.1) is 0 Å². The van der Waals surface area contributed by atoms with Gasteiger partial charge in [0.15, 0.2) is 0 Å². The Labute approximate surface area is 69.4 Å². The molecule has 0 fully saturated rings. The first-order valence-electron chi connectivity index (χ1n) is 3.57. The summed E-state index contributed by atoms with van der Waals surface area (Å²) in [5.74, 6) is 0. The Hall–Kier alpha value is -1.26. The van der Waals surface area contributed by atoms with Crippen LogP contribution in [0.15, 0.2) is 34.7 Å². The summed E-state index contributed by atoms with van der Waals surface area (Å²) >= 11 is 0. The monoisotopic (exact) mass is 160 g/mol. The minimum absolute atomic E-state index is 0.0452. The Kier molecular flexibility index (Phi) is 1.64. The lowest BCUT2D eigenvalue weighted by molar-refractivity contribution is -0.342. The Bertz CT molecular complexity index is 361. The molecule has 0 aliphatic rings. The molecule has 4 heteroatoms. The van der Waals surface area contributed by atoms with Crippen molar-refractivity contribution in [2.75, 3.05) is 0 Å². The molecule has 1 aromatic carbocycles. The molecule has 60 valence electrons. The molecule has 0 unspecified atom stereocenters. The van der Waals surface area contributed by atoms with Gasteiger partial charge in [-0.05, 0) is 19.3 Å². The lowest BCUT2D eigenvalue weighted by Crippen LogP contribution is -2.54. The predicted octanol–water partition coefficient (Wildman–Crippen LogP) is -1.15. The van der Waals surface area contributed by atoms with E-state index in [-0.39, 0.29) is 5.66 Å². The molecule has 0 saturated carbocycles. The van der Waals surface area contributed by atoms with Gasteiger partial charge in [0.25, 0.3) is 0 Å². The molecular formula is C8H5BO3-2. The van der Waals surface area contributed by atoms with Crippen LogP contribution in [0.3, 0.4) is 0 Å². The fraction of sp³-hybridized carbons (Fsp3) is 0. The average molecular weight is 160 g/mol. The molecule has 0 amide bonds. The van der Waals surface area contributed by atoms with E-state index in [1.54, 1.807) is 18.2 Å². The van der Waals surface area contributed by atoms with Gasteiger partial charge in [-0.1, -0.05) is 18.2 Å². The van der Waals surface area contributed by atoms with E-state index in [2.05, 4.69) is 0 Å². The van der Waals surface area contributed by atoms with E-state index in [0.29, 0.717) is 5.58 Å². The standard InChI is InChI=1S/C8H5BO3/c10-9(11)8-5-6-3-1-2-4-7(6)12-8/h1-5H/q-2. The summed E-state index contributed by atoms with van der Waals surface area (Å²) < 4.78 is 5.00. The highest BCUT2D eigenvalue weighted by Gasteiger charge is 1.98. The second kappa shape index (κ2) is 2.66. The first-order valence-corrected chi connectivity index (χ1v) is 3.57. The number of furan rings is 1. The highest BCUT2D eigenvalue weighted by Crippen LogP contribution is 2.11. The minimum atomic E-state index is -2.03. The summed E-state index contributed by atoms with van der Waals surface area (Å²) in [4.78, 5) is 0. The summed E-state index contributed by atoms with van der Waals surface area (Å²) in [6.45, 7) is 0. The van der Waals surface area contributed by atoms with Crippen LogP contribution < -0.4 is 15.7 Å². The summed E-state index contributed by atoms with van der Waals surface area (Å²) in [5.41, 5.74) is 0.542. The Morgan fingerprint density at radius 3 is 2.58 bits per heavy atom. The van der Waals surface area contributed by atoms with E-state index in [1.807, 2.05) is 6.07 Å². The topological polar surface area (TPSA) is 59.3 Å². The van der Waals surface area contributed by atoms with Crippen LogP contribution in [0.25, 0.3) is 11.0 Å². The van der Waals surface area contributed by atoms with E-state index < -0.39 is 7.12 Å². The van der Waals surface area contributed by atoms with Gasteiger partial charge < -0.3 is 14.5 Å². The van der Waals surface area contributed by atoms with E-state index in [4.69, 9.17) is 4.42 Å². The summed E-state index contributed by atoms with van der Waals surface area (Å²) in [6, 6.07) is 8.62. The third-order valence-corrected chi connectivity index (χ3v) is 1.68. The van der Waals surface area contributed by atoms with Gasteiger partial charge in [-0.2, -0.15) is 0 Å². The number of para-hydroxylation sites is 1. The molecule has 2 aromatic rings. The molecule has 0 atom stereocenters. The molecule has 0 spiro atoms. The van der Waals surface area contributed by atoms with Crippen LogP contribution in [-0.4, -0.2) is 7.12 Å². The highest BCUT2D eigenvalue weighted by molar-refractivity contribution is 6.54. The van der Waals surface area contributed by atoms with Crippen molar-refractivity contribution in [3.05, 3.63) is 30.3 Å². The number of benzene rings is 1. The molecular weight excluding hydrogens is 155 g/mol. The van der Waals surface area contributed by atoms with E-state index in [0.717, 1.165) is 5.39 Å². The summed E-state index contributed by atoms with van der Waals surface area (Å²) in [7, 11) is -2.03. The predicted molar refractivity (Wildman–Crippen MR) is 41.6 cm³/mol. The summed E-state index contributed by atoms with van der Waals surface area (Å²) in [5, 5.41) is 21.7. The van der Waals surface area contributed by atoms with Gasteiger partial charge in [-0.15, -0.1) is 0 Å². The maximum atomic E-state index is 10.4. The smallest absolute Gasteiger partial charge is 0.132 e. The van der Waals surface area contributed by atoms with Crippen LogP contribution in [-0.2, 0) is 0 Å². The average Bonchev–Trinajstić information content (AvgIpc) is 2.46. The van der Waals surface area contributed by atoms with Crippen molar-refractivity contribution in [3.63, 3.8) is 0 Å². The lowest BCUT2D eigenvalue weighted by Gasteiger charge is -2.22. The van der Waals surface area contributed by atoms with Crippen LogP contribution in [0.5, 0.6) is 0 Å². The quantitative estimate of drug-likeness (QED) is 0.494. The third-order valence-electron chi connectivity index (χ3n) is 1.68. The first kappa shape index (κ1) is 7.40. The number of rotatable bonds is 1. The SMILES string of the molecule is [O-]B([O-])c1cc2ccccc2o1. The Balaban J connectivity index is 2.62. The van der Waals surface area contributed by atoms with Crippen molar-refractivity contribution in [3.8, 4) is 0 Å². The summed E-state index contributed by atoms with van der Waals surface area (Å²) in [6.07, 6.45) is 0. The second-order valence-electron chi connectivity index (χ2n) is 2.52. The maximum absolute atomic E-state index is 10.4. The Morgan fingerprint density at radius 1 is 1.17 bits per heavy atom. The number of hydrogen-bond donors (Lipinski definition) is 0. The lowest BCUT2D eigenvalue weighted by atomic mass is 9.88. The van der Waals surface area contributed by atoms with E-state index >= 15 is 0 Å². The molecule has 0 N–H and O–H groups in total. The van der Waals surface area contributed by atoms with Crippen molar-refractivity contribution >= 4 is 23.7 Å². The molecule has 0 bridgehead atoms. The fourth-order valence-electron chi connectivity index (χ4n) is 1.12. The molecule has 0 aliphatic heterocycles. The van der Waals surface area contributed by atoms with Gasteiger partial charge in [0.2, 0.25) is 0 Å². The van der Waals surface area contributed by atoms with Crippen molar-refractivity contribution in [2.45, 2.75) is 0 Å². The van der Waals surface area contributed by atoms with Gasteiger partial charge in [0, 0.05) is 11.0 Å². The zero-order valence-electron chi connectivity index (χ0n) is 6.19. The van der Waals surface area contributed by atoms with Gasteiger partial charge in [0.1, 0.15) is 5.58 Å². The largest absolute Gasteiger partial charge is 0.887 e. The molecule has 0 radical (unpaired) electrons. The zero-order valence-corrected chi connectivity index (χ0v) is 6.19. The van der Waals surface area contributed by atoms with Gasteiger partial charge in [-0.25, -0.2) is 0 Å². The van der Waals surface area contributed by atoms with Crippen molar-refractivity contribution in [1.29, 1.82) is 0 Å². The van der Waals surface area contributed by atoms with E-state index in [1.165, 1.54) is 6.07 Å². The van der Waals surface area contributed by atoms with Crippen LogP contribution in [0.4, 0.5) is 0 Å². The van der Waals surface area contributed by atoms with Gasteiger partial charge in [-0.3, -0.25) is 0 Å². The molecule has 3 nitrogen and oxygen atoms in total. The second-order valence-corrected chi connectivity index (χ2v) is 2.52. The highest BCUT2D eigenvalue weighted by atomic mass is 16.4. The van der Waals surface area contributed by atoms with Crippen molar-refractivity contribution in [2.24, 2.45) is 0 Å². The van der Waals surface area contributed by atoms with Gasteiger partial charge >= 0.3 is 0 Å². The zero-order chi connectivity index (χ0) is 8.55. The maximum Gasteiger partial charge on any atom is 0.132 e. The minimum Gasteiger partial charge on any atom is -0.887 e. The number of fused-ring (bicyclic) bond motifs is 1. The number of hydrogen-bond acceptors (Lipinski definition) is 3. The molecule has 2 rings (SSSR count). The normalized spacial score (nSPS) is 10.5. The van der Waals surface area contributed by atoms with Crippen LogP contribution in [0.1, 0.15) is 0 Å².